The Hall–Kier alpha value is -1.95. The van der Waals surface area contributed by atoms with Crippen LogP contribution in [0.3, 0.4) is 0 Å². The summed E-state index contributed by atoms with van der Waals surface area (Å²) < 4.78 is 10.2. The second kappa shape index (κ2) is 9.37. The van der Waals surface area contributed by atoms with Gasteiger partial charge in [-0.1, -0.05) is 23.7 Å². The molecular formula is C17H25ClN2O4. The highest BCUT2D eigenvalue weighted by Crippen LogP contribution is 2.12. The molecule has 0 aliphatic rings. The fourth-order valence-electron chi connectivity index (χ4n) is 1.87. The molecule has 0 aliphatic carbocycles. The lowest BCUT2D eigenvalue weighted by atomic mass is 10.2. The summed E-state index contributed by atoms with van der Waals surface area (Å²) in [6.45, 7) is 8.34. The third-order valence-electron chi connectivity index (χ3n) is 2.86. The molecule has 0 fully saturated rings. The van der Waals surface area contributed by atoms with Crippen LogP contribution in [0.15, 0.2) is 24.3 Å². The molecule has 0 atom stereocenters. The molecule has 6 nitrogen and oxygen atoms in total. The topological polar surface area (TPSA) is 67.9 Å². The van der Waals surface area contributed by atoms with Gasteiger partial charge in [0.15, 0.2) is 0 Å². The van der Waals surface area contributed by atoms with Crippen molar-refractivity contribution in [3.63, 3.8) is 0 Å². The highest BCUT2D eigenvalue weighted by molar-refractivity contribution is 6.30. The number of alkyl carbamates (subject to hydrolysis) is 1. The summed E-state index contributed by atoms with van der Waals surface area (Å²) in [5.74, 6) is 0. The van der Waals surface area contributed by atoms with Gasteiger partial charge in [-0.3, -0.25) is 0 Å². The minimum atomic E-state index is -0.561. The highest BCUT2D eigenvalue weighted by Gasteiger charge is 2.18. The van der Waals surface area contributed by atoms with Crippen LogP contribution in [0.5, 0.6) is 0 Å². The minimum Gasteiger partial charge on any atom is -0.450 e. The Bertz CT molecular complexity index is 541. The quantitative estimate of drug-likeness (QED) is 0.841. The minimum absolute atomic E-state index is 0.265. The van der Waals surface area contributed by atoms with E-state index in [4.69, 9.17) is 21.1 Å². The first-order chi connectivity index (χ1) is 11.2. The molecule has 0 saturated heterocycles. The highest BCUT2D eigenvalue weighted by atomic mass is 35.5. The van der Waals surface area contributed by atoms with Gasteiger partial charge < -0.3 is 19.7 Å². The fraction of sp³-hybridized carbons (Fsp3) is 0.529. The van der Waals surface area contributed by atoms with Gasteiger partial charge in [-0.05, 0) is 45.4 Å². The molecule has 1 aromatic carbocycles. The molecule has 0 aliphatic heterocycles. The lowest BCUT2D eigenvalue weighted by Crippen LogP contribution is -2.40. The number of nitrogens with zero attached hydrogens (tertiary/aromatic N) is 1. The molecule has 0 unspecified atom stereocenters. The van der Waals surface area contributed by atoms with Crippen LogP contribution in [0.4, 0.5) is 9.59 Å². The van der Waals surface area contributed by atoms with Crippen molar-refractivity contribution in [2.45, 2.75) is 39.8 Å². The predicted molar refractivity (Wildman–Crippen MR) is 93.1 cm³/mol. The number of ether oxygens (including phenoxy) is 2. The molecule has 1 rings (SSSR count). The average molecular weight is 357 g/mol. The summed E-state index contributed by atoms with van der Waals surface area (Å²) in [6, 6.07) is 7.21. The normalized spacial score (nSPS) is 10.9. The van der Waals surface area contributed by atoms with Crippen LogP contribution >= 0.6 is 11.6 Å². The lowest BCUT2D eigenvalue weighted by Gasteiger charge is -2.23. The molecule has 0 radical (unpaired) electrons. The van der Waals surface area contributed by atoms with Gasteiger partial charge >= 0.3 is 12.2 Å². The molecule has 2 amide bonds. The second-order valence-corrected chi connectivity index (χ2v) is 6.61. The van der Waals surface area contributed by atoms with Crippen LogP contribution in [0.1, 0.15) is 33.3 Å². The third kappa shape index (κ3) is 8.06. The smallest absolute Gasteiger partial charge is 0.410 e. The van der Waals surface area contributed by atoms with Crippen molar-refractivity contribution in [2.75, 3.05) is 19.7 Å². The number of hydrogen-bond acceptors (Lipinski definition) is 4. The van der Waals surface area contributed by atoms with E-state index in [-0.39, 0.29) is 13.2 Å². The molecule has 0 spiro atoms. The number of rotatable bonds is 6. The Labute approximate surface area is 148 Å². The molecule has 0 saturated carbocycles. The van der Waals surface area contributed by atoms with Gasteiger partial charge in [0, 0.05) is 24.7 Å². The molecule has 7 heteroatoms. The van der Waals surface area contributed by atoms with Gasteiger partial charge in [0.2, 0.25) is 0 Å². The van der Waals surface area contributed by atoms with Crippen LogP contribution in [0.2, 0.25) is 5.02 Å². The van der Waals surface area contributed by atoms with E-state index < -0.39 is 17.8 Å². The maximum Gasteiger partial charge on any atom is 0.410 e. The van der Waals surface area contributed by atoms with Crippen LogP contribution in [-0.4, -0.2) is 42.4 Å². The van der Waals surface area contributed by atoms with Crippen molar-refractivity contribution in [3.05, 3.63) is 34.9 Å². The van der Waals surface area contributed by atoms with E-state index in [1.54, 1.807) is 39.8 Å². The molecule has 1 N–H and O–H groups in total. The Morgan fingerprint density at radius 2 is 1.83 bits per heavy atom. The first-order valence-corrected chi connectivity index (χ1v) is 8.22. The summed E-state index contributed by atoms with van der Waals surface area (Å²) in [4.78, 5) is 25.2. The fourth-order valence-corrected chi connectivity index (χ4v) is 1.99. The number of benzene rings is 1. The van der Waals surface area contributed by atoms with Gasteiger partial charge in [-0.15, -0.1) is 0 Å². The van der Waals surface area contributed by atoms with E-state index in [0.29, 0.717) is 18.1 Å². The van der Waals surface area contributed by atoms with Crippen LogP contribution in [0, 0.1) is 0 Å². The van der Waals surface area contributed by atoms with E-state index >= 15 is 0 Å². The zero-order valence-electron chi connectivity index (χ0n) is 14.6. The molecule has 0 bridgehead atoms. The molecule has 1 aromatic rings. The number of carbonyl (C=O) groups excluding carboxylic acids is 2. The second-order valence-electron chi connectivity index (χ2n) is 6.18. The maximum atomic E-state index is 12.1. The summed E-state index contributed by atoms with van der Waals surface area (Å²) >= 11 is 5.87. The summed E-state index contributed by atoms with van der Waals surface area (Å²) in [7, 11) is 0. The van der Waals surface area contributed by atoms with Crippen molar-refractivity contribution < 1.29 is 19.1 Å². The zero-order chi connectivity index (χ0) is 18.2. The first kappa shape index (κ1) is 20.1. The molecule has 0 heterocycles. The SMILES string of the molecule is CCOC(=O)N(CCNC(=O)OC(C)(C)C)Cc1ccc(Cl)cc1. The standard InChI is InChI=1S/C17H25ClN2O4/c1-5-23-16(22)20(12-13-6-8-14(18)9-7-13)11-10-19-15(21)24-17(2,3)4/h6-9H,5,10-12H2,1-4H3,(H,19,21). The van der Waals surface area contributed by atoms with E-state index in [1.165, 1.54) is 4.90 Å². The van der Waals surface area contributed by atoms with Crippen LogP contribution < -0.4 is 5.32 Å². The zero-order valence-corrected chi connectivity index (χ0v) is 15.4. The Morgan fingerprint density at radius 3 is 2.38 bits per heavy atom. The molecular weight excluding hydrogens is 332 g/mol. The number of hydrogen-bond donors (Lipinski definition) is 1. The first-order valence-electron chi connectivity index (χ1n) is 7.84. The number of halogens is 1. The average Bonchev–Trinajstić information content (AvgIpc) is 2.46. The Balaban J connectivity index is 2.58. The van der Waals surface area contributed by atoms with Gasteiger partial charge in [0.05, 0.1) is 6.61 Å². The van der Waals surface area contributed by atoms with E-state index in [9.17, 15) is 9.59 Å². The summed E-state index contributed by atoms with van der Waals surface area (Å²) in [5, 5.41) is 3.26. The maximum absolute atomic E-state index is 12.1. The van der Waals surface area contributed by atoms with Crippen molar-refractivity contribution in [2.24, 2.45) is 0 Å². The molecule has 0 aromatic heterocycles. The predicted octanol–water partition coefficient (Wildman–Crippen LogP) is 3.82. The van der Waals surface area contributed by atoms with Gasteiger partial charge in [-0.2, -0.15) is 0 Å². The van der Waals surface area contributed by atoms with Crippen molar-refractivity contribution in [3.8, 4) is 0 Å². The largest absolute Gasteiger partial charge is 0.450 e. The molecule has 24 heavy (non-hydrogen) atoms. The van der Waals surface area contributed by atoms with Crippen LogP contribution in [0.25, 0.3) is 0 Å². The van der Waals surface area contributed by atoms with Crippen molar-refractivity contribution >= 4 is 23.8 Å². The number of amides is 2. The van der Waals surface area contributed by atoms with Gasteiger partial charge in [0.1, 0.15) is 5.60 Å². The lowest BCUT2D eigenvalue weighted by molar-refractivity contribution is 0.0516. The number of carbonyl (C=O) groups is 2. The van der Waals surface area contributed by atoms with Crippen molar-refractivity contribution in [1.29, 1.82) is 0 Å². The monoisotopic (exact) mass is 356 g/mol. The van der Waals surface area contributed by atoms with Crippen molar-refractivity contribution in [1.82, 2.24) is 10.2 Å². The van der Waals surface area contributed by atoms with E-state index in [1.807, 2.05) is 12.1 Å². The van der Waals surface area contributed by atoms with Gasteiger partial charge in [0.25, 0.3) is 0 Å². The van der Waals surface area contributed by atoms with E-state index in [2.05, 4.69) is 5.32 Å². The molecule has 134 valence electrons. The Morgan fingerprint density at radius 1 is 1.21 bits per heavy atom. The third-order valence-corrected chi connectivity index (χ3v) is 3.11. The van der Waals surface area contributed by atoms with Crippen LogP contribution in [-0.2, 0) is 16.0 Å². The Kier molecular flexibility index (Phi) is 7.85. The summed E-state index contributed by atoms with van der Waals surface area (Å²) in [5.41, 5.74) is 0.360. The number of nitrogens with one attached hydrogen (secondary N) is 1. The van der Waals surface area contributed by atoms with E-state index in [0.717, 1.165) is 5.56 Å². The summed E-state index contributed by atoms with van der Waals surface area (Å²) in [6.07, 6.45) is -0.948. The van der Waals surface area contributed by atoms with Gasteiger partial charge in [-0.25, -0.2) is 9.59 Å².